The zero-order valence-electron chi connectivity index (χ0n) is 13.0. The van der Waals surface area contributed by atoms with Gasteiger partial charge in [0, 0.05) is 24.0 Å². The van der Waals surface area contributed by atoms with Crippen molar-refractivity contribution in [2.45, 2.75) is 19.4 Å². The van der Waals surface area contributed by atoms with Gasteiger partial charge in [-0.15, -0.1) is 11.3 Å². The molecule has 0 N–H and O–H groups in total. The average Bonchev–Trinajstić information content (AvgIpc) is 3.13. The highest BCUT2D eigenvalue weighted by molar-refractivity contribution is 7.91. The number of hydrogen-bond donors (Lipinski definition) is 0. The van der Waals surface area contributed by atoms with Crippen LogP contribution in [0.4, 0.5) is 0 Å². The first-order valence-electron chi connectivity index (χ1n) is 7.36. The van der Waals surface area contributed by atoms with Gasteiger partial charge in [0.05, 0.1) is 11.5 Å². The Morgan fingerprint density at radius 1 is 1.30 bits per heavy atom. The average molecular weight is 350 g/mol. The summed E-state index contributed by atoms with van der Waals surface area (Å²) in [7, 11) is -1.36. The lowest BCUT2D eigenvalue weighted by atomic mass is 10.2. The molecular weight excluding hydrogens is 332 g/mol. The first kappa shape index (κ1) is 16.1. The van der Waals surface area contributed by atoms with Crippen LogP contribution in [0.1, 0.15) is 22.5 Å². The van der Waals surface area contributed by atoms with Crippen molar-refractivity contribution in [3.05, 3.63) is 40.9 Å². The fourth-order valence-electron chi connectivity index (χ4n) is 2.63. The third kappa shape index (κ3) is 3.45. The van der Waals surface area contributed by atoms with Crippen molar-refractivity contribution in [1.82, 2.24) is 9.88 Å². The topological polar surface area (TPSA) is 67.3 Å². The SMILES string of the molecule is Cc1ccc(-c2nc(C(=O)N(C)[C@@H]3CCS(=O)(=O)C3)cs2)cc1. The van der Waals surface area contributed by atoms with Crippen molar-refractivity contribution < 1.29 is 13.2 Å². The number of rotatable bonds is 3. The first-order valence-corrected chi connectivity index (χ1v) is 10.1. The molecule has 1 amide bonds. The zero-order chi connectivity index (χ0) is 16.6. The van der Waals surface area contributed by atoms with E-state index < -0.39 is 9.84 Å². The van der Waals surface area contributed by atoms with Crippen LogP contribution < -0.4 is 0 Å². The predicted octanol–water partition coefficient (Wildman–Crippen LogP) is 2.38. The molecule has 1 fully saturated rings. The van der Waals surface area contributed by atoms with Crippen LogP contribution in [0.5, 0.6) is 0 Å². The van der Waals surface area contributed by atoms with E-state index in [0.29, 0.717) is 12.1 Å². The normalized spacial score (nSPS) is 19.7. The van der Waals surface area contributed by atoms with Crippen LogP contribution in [0, 0.1) is 6.92 Å². The Kier molecular flexibility index (Phi) is 4.25. The lowest BCUT2D eigenvalue weighted by Crippen LogP contribution is -2.38. The van der Waals surface area contributed by atoms with Crippen LogP contribution in [0.3, 0.4) is 0 Å². The van der Waals surface area contributed by atoms with E-state index in [1.165, 1.54) is 21.8 Å². The minimum atomic E-state index is -3.01. The summed E-state index contributed by atoms with van der Waals surface area (Å²) in [5.41, 5.74) is 2.52. The molecule has 1 aromatic carbocycles. The molecule has 0 radical (unpaired) electrons. The summed E-state index contributed by atoms with van der Waals surface area (Å²) in [6, 6.07) is 7.73. The molecule has 2 aromatic rings. The van der Waals surface area contributed by atoms with Crippen molar-refractivity contribution >= 4 is 27.1 Å². The number of benzene rings is 1. The molecule has 0 spiro atoms. The van der Waals surface area contributed by atoms with Crippen LogP contribution in [-0.4, -0.2) is 48.8 Å². The van der Waals surface area contributed by atoms with E-state index >= 15 is 0 Å². The van der Waals surface area contributed by atoms with Crippen LogP contribution in [0.15, 0.2) is 29.6 Å². The number of thiazole rings is 1. The number of amides is 1. The second-order valence-electron chi connectivity index (χ2n) is 5.88. The van der Waals surface area contributed by atoms with Gasteiger partial charge < -0.3 is 4.90 Å². The molecule has 0 aliphatic carbocycles. The molecule has 3 rings (SSSR count). The lowest BCUT2D eigenvalue weighted by Gasteiger charge is -2.22. The Bertz CT molecular complexity index is 825. The Hall–Kier alpha value is -1.73. The van der Waals surface area contributed by atoms with Crippen molar-refractivity contribution in [1.29, 1.82) is 0 Å². The second kappa shape index (κ2) is 6.05. The largest absolute Gasteiger partial charge is 0.336 e. The number of aromatic nitrogens is 1. The molecule has 7 heteroatoms. The highest BCUT2D eigenvalue weighted by Crippen LogP contribution is 2.25. The number of nitrogens with zero attached hydrogens (tertiary/aromatic N) is 2. The number of hydrogen-bond acceptors (Lipinski definition) is 5. The summed E-state index contributed by atoms with van der Waals surface area (Å²) in [5.74, 6) is -0.0211. The zero-order valence-corrected chi connectivity index (χ0v) is 14.7. The van der Waals surface area contributed by atoms with E-state index in [1.54, 1.807) is 12.4 Å². The first-order chi connectivity index (χ1) is 10.9. The number of carbonyl (C=O) groups excluding carboxylic acids is 1. The molecular formula is C16H18N2O3S2. The maximum Gasteiger partial charge on any atom is 0.273 e. The van der Waals surface area contributed by atoms with Crippen molar-refractivity contribution in [3.8, 4) is 10.6 Å². The van der Waals surface area contributed by atoms with Gasteiger partial charge in [0.1, 0.15) is 10.7 Å². The second-order valence-corrected chi connectivity index (χ2v) is 8.96. The summed E-state index contributed by atoms with van der Waals surface area (Å²) < 4.78 is 23.1. The molecule has 122 valence electrons. The minimum absolute atomic E-state index is 0.0458. The number of carbonyl (C=O) groups is 1. The molecule has 1 atom stereocenters. The molecule has 2 heterocycles. The summed E-state index contributed by atoms with van der Waals surface area (Å²) >= 11 is 1.42. The fourth-order valence-corrected chi connectivity index (χ4v) is 5.20. The van der Waals surface area contributed by atoms with Gasteiger partial charge in [0.25, 0.3) is 5.91 Å². The molecule has 0 bridgehead atoms. The van der Waals surface area contributed by atoms with Crippen LogP contribution >= 0.6 is 11.3 Å². The van der Waals surface area contributed by atoms with Gasteiger partial charge in [0.2, 0.25) is 0 Å². The molecule has 1 saturated heterocycles. The van der Waals surface area contributed by atoms with Gasteiger partial charge in [-0.2, -0.15) is 0 Å². The van der Waals surface area contributed by atoms with Crippen LogP contribution in [-0.2, 0) is 9.84 Å². The highest BCUT2D eigenvalue weighted by Gasteiger charge is 2.33. The third-order valence-electron chi connectivity index (χ3n) is 4.10. The lowest BCUT2D eigenvalue weighted by molar-refractivity contribution is 0.0742. The van der Waals surface area contributed by atoms with Gasteiger partial charge >= 0.3 is 0 Å². The van der Waals surface area contributed by atoms with E-state index in [-0.39, 0.29) is 23.5 Å². The Morgan fingerprint density at radius 2 is 2.00 bits per heavy atom. The Morgan fingerprint density at radius 3 is 2.61 bits per heavy atom. The molecule has 1 aliphatic rings. The molecule has 5 nitrogen and oxygen atoms in total. The van der Waals surface area contributed by atoms with E-state index in [9.17, 15) is 13.2 Å². The van der Waals surface area contributed by atoms with Gasteiger partial charge in [-0.25, -0.2) is 13.4 Å². The summed E-state index contributed by atoms with van der Waals surface area (Å²) in [6.45, 7) is 2.02. The van der Waals surface area contributed by atoms with E-state index in [1.807, 2.05) is 31.2 Å². The minimum Gasteiger partial charge on any atom is -0.336 e. The van der Waals surface area contributed by atoms with E-state index in [2.05, 4.69) is 4.98 Å². The molecule has 0 unspecified atom stereocenters. The Labute approximate surface area is 139 Å². The van der Waals surface area contributed by atoms with E-state index in [4.69, 9.17) is 0 Å². The fraction of sp³-hybridized carbons (Fsp3) is 0.375. The molecule has 0 saturated carbocycles. The van der Waals surface area contributed by atoms with Gasteiger partial charge in [-0.1, -0.05) is 29.8 Å². The van der Waals surface area contributed by atoms with Gasteiger partial charge in [-0.05, 0) is 13.3 Å². The van der Waals surface area contributed by atoms with Crippen molar-refractivity contribution in [2.24, 2.45) is 0 Å². The van der Waals surface area contributed by atoms with Crippen molar-refractivity contribution in [2.75, 3.05) is 18.6 Å². The number of aryl methyl sites for hydroxylation is 1. The Balaban J connectivity index is 1.77. The maximum atomic E-state index is 12.5. The third-order valence-corrected chi connectivity index (χ3v) is 6.74. The van der Waals surface area contributed by atoms with E-state index in [0.717, 1.165) is 10.6 Å². The van der Waals surface area contributed by atoms with Gasteiger partial charge in [0.15, 0.2) is 9.84 Å². The van der Waals surface area contributed by atoms with Crippen LogP contribution in [0.25, 0.3) is 10.6 Å². The van der Waals surface area contributed by atoms with Crippen molar-refractivity contribution in [3.63, 3.8) is 0 Å². The smallest absolute Gasteiger partial charge is 0.273 e. The molecule has 1 aliphatic heterocycles. The van der Waals surface area contributed by atoms with Crippen LogP contribution in [0.2, 0.25) is 0 Å². The summed E-state index contributed by atoms with van der Waals surface area (Å²) in [6.07, 6.45) is 0.500. The molecule has 1 aromatic heterocycles. The number of sulfone groups is 1. The van der Waals surface area contributed by atoms with Gasteiger partial charge in [-0.3, -0.25) is 4.79 Å². The summed E-state index contributed by atoms with van der Waals surface area (Å²) in [5, 5.41) is 2.53. The molecule has 23 heavy (non-hydrogen) atoms. The standard InChI is InChI=1S/C16H18N2O3S2/c1-11-3-5-12(6-4-11)15-17-14(9-22-15)16(19)18(2)13-7-8-23(20,21)10-13/h3-6,9,13H,7-8,10H2,1-2H3/t13-/m1/s1. The summed E-state index contributed by atoms with van der Waals surface area (Å²) in [4.78, 5) is 18.4. The quantitative estimate of drug-likeness (QED) is 0.852. The monoisotopic (exact) mass is 350 g/mol. The maximum absolute atomic E-state index is 12.5. The highest BCUT2D eigenvalue weighted by atomic mass is 32.2. The predicted molar refractivity (Wildman–Crippen MR) is 91.4 cm³/mol.